The van der Waals surface area contributed by atoms with E-state index in [-0.39, 0.29) is 0 Å². The Labute approximate surface area is 151 Å². The average Bonchev–Trinajstić information content (AvgIpc) is 3.08. The molecule has 0 saturated carbocycles. The lowest BCUT2D eigenvalue weighted by Gasteiger charge is -2.02. The quantitative estimate of drug-likeness (QED) is 0.471. The van der Waals surface area contributed by atoms with Crippen LogP contribution in [0.5, 0.6) is 0 Å². The first-order valence-corrected chi connectivity index (χ1v) is 8.36. The van der Waals surface area contributed by atoms with Crippen molar-refractivity contribution in [2.75, 3.05) is 5.73 Å². The van der Waals surface area contributed by atoms with Crippen molar-refractivity contribution in [1.82, 2.24) is 9.97 Å². The molecule has 0 aliphatic carbocycles. The molecule has 0 aliphatic rings. The molecule has 0 fully saturated rings. The number of halogens is 1. The molecule has 3 N–H and O–H groups in total. The summed E-state index contributed by atoms with van der Waals surface area (Å²) in [7, 11) is 0. The van der Waals surface area contributed by atoms with Crippen LogP contribution in [0.3, 0.4) is 0 Å². The number of hydrogen-bond donors (Lipinski definition) is 2. The smallest absolute Gasteiger partial charge is 0.140 e. The van der Waals surface area contributed by atoms with Gasteiger partial charge < -0.3 is 10.7 Å². The number of aromatic amines is 1. The number of nitrogens with zero attached hydrogens (tertiary/aromatic N) is 1. The number of rotatable bonds is 3. The average molecular weight is 346 g/mol. The fourth-order valence-corrected chi connectivity index (χ4v) is 3.12. The molecule has 0 bridgehead atoms. The monoisotopic (exact) mass is 345 g/mol. The van der Waals surface area contributed by atoms with Gasteiger partial charge in [-0.25, -0.2) is 4.98 Å². The first kappa shape index (κ1) is 15.5. The molecule has 0 amide bonds. The van der Waals surface area contributed by atoms with E-state index < -0.39 is 0 Å². The minimum absolute atomic E-state index is 0.577. The van der Waals surface area contributed by atoms with Crippen LogP contribution in [-0.4, -0.2) is 9.97 Å². The van der Waals surface area contributed by atoms with Gasteiger partial charge in [0, 0.05) is 22.4 Å². The number of nitrogens with one attached hydrogen (secondary N) is 1. The Morgan fingerprint density at radius 1 is 0.800 bits per heavy atom. The topological polar surface area (TPSA) is 54.7 Å². The van der Waals surface area contributed by atoms with Crippen molar-refractivity contribution in [1.29, 1.82) is 0 Å². The molecule has 0 spiro atoms. The first-order valence-electron chi connectivity index (χ1n) is 7.98. The van der Waals surface area contributed by atoms with Crippen molar-refractivity contribution in [3.05, 3.63) is 83.9 Å². The van der Waals surface area contributed by atoms with E-state index in [0.29, 0.717) is 10.7 Å². The summed E-state index contributed by atoms with van der Waals surface area (Å²) >= 11 is 6.38. The van der Waals surface area contributed by atoms with Crippen LogP contribution in [0.4, 0.5) is 5.69 Å². The summed E-state index contributed by atoms with van der Waals surface area (Å²) in [4.78, 5) is 8.27. The Morgan fingerprint density at radius 3 is 2.08 bits per heavy atom. The lowest BCUT2D eigenvalue weighted by molar-refractivity contribution is 1.31. The summed E-state index contributed by atoms with van der Waals surface area (Å²) in [5.41, 5.74) is 11.3. The normalized spacial score (nSPS) is 10.8. The lowest BCUT2D eigenvalue weighted by Crippen LogP contribution is -1.87. The summed E-state index contributed by atoms with van der Waals surface area (Å²) in [5, 5.41) is 0.577. The second-order valence-electron chi connectivity index (χ2n) is 5.78. The number of anilines is 1. The van der Waals surface area contributed by atoms with Gasteiger partial charge in [-0.05, 0) is 18.2 Å². The van der Waals surface area contributed by atoms with Gasteiger partial charge in [-0.3, -0.25) is 0 Å². The van der Waals surface area contributed by atoms with Crippen molar-refractivity contribution < 1.29 is 0 Å². The zero-order chi connectivity index (χ0) is 17.2. The molecule has 3 nitrogen and oxygen atoms in total. The van der Waals surface area contributed by atoms with E-state index in [4.69, 9.17) is 22.3 Å². The zero-order valence-corrected chi connectivity index (χ0v) is 14.2. The van der Waals surface area contributed by atoms with E-state index in [1.54, 1.807) is 6.07 Å². The second kappa shape index (κ2) is 6.46. The van der Waals surface area contributed by atoms with Crippen LogP contribution >= 0.6 is 11.6 Å². The molecule has 3 aromatic carbocycles. The molecule has 1 aromatic heterocycles. The minimum Gasteiger partial charge on any atom is -0.399 e. The van der Waals surface area contributed by atoms with Crippen molar-refractivity contribution in [3.8, 4) is 33.9 Å². The van der Waals surface area contributed by atoms with Crippen molar-refractivity contribution in [2.24, 2.45) is 0 Å². The Morgan fingerprint density at radius 2 is 1.44 bits per heavy atom. The maximum Gasteiger partial charge on any atom is 0.140 e. The molecular weight excluding hydrogens is 330 g/mol. The summed E-state index contributed by atoms with van der Waals surface area (Å²) in [6, 6.07) is 25.7. The van der Waals surface area contributed by atoms with Gasteiger partial charge >= 0.3 is 0 Å². The number of aromatic nitrogens is 2. The Bertz CT molecular complexity index is 951. The number of benzene rings is 3. The van der Waals surface area contributed by atoms with Gasteiger partial charge in [-0.2, -0.15) is 0 Å². The second-order valence-corrected chi connectivity index (χ2v) is 6.19. The van der Waals surface area contributed by atoms with Crippen LogP contribution in [0.1, 0.15) is 0 Å². The van der Waals surface area contributed by atoms with E-state index in [9.17, 15) is 0 Å². The predicted molar refractivity (Wildman–Crippen MR) is 104 cm³/mol. The maximum atomic E-state index is 6.38. The molecule has 0 unspecified atom stereocenters. The fourth-order valence-electron chi connectivity index (χ4n) is 2.84. The Balaban J connectivity index is 1.92. The van der Waals surface area contributed by atoms with Crippen LogP contribution in [0.15, 0.2) is 78.9 Å². The molecule has 4 aromatic rings. The molecule has 1 heterocycles. The highest BCUT2D eigenvalue weighted by Crippen LogP contribution is 2.35. The highest BCUT2D eigenvalue weighted by molar-refractivity contribution is 6.33. The molecule has 0 saturated heterocycles. The Kier molecular flexibility index (Phi) is 4.00. The minimum atomic E-state index is 0.577. The molecular formula is C21H16ClN3. The third kappa shape index (κ3) is 3.02. The van der Waals surface area contributed by atoms with Crippen LogP contribution in [0, 0.1) is 0 Å². The molecule has 4 heteroatoms. The van der Waals surface area contributed by atoms with Crippen LogP contribution < -0.4 is 5.73 Å². The Hall–Kier alpha value is -3.04. The number of H-pyrrole nitrogens is 1. The van der Waals surface area contributed by atoms with Crippen molar-refractivity contribution >= 4 is 17.3 Å². The van der Waals surface area contributed by atoms with Crippen LogP contribution in [0.25, 0.3) is 33.9 Å². The van der Waals surface area contributed by atoms with E-state index in [1.165, 1.54) is 0 Å². The largest absolute Gasteiger partial charge is 0.399 e. The van der Waals surface area contributed by atoms with E-state index in [2.05, 4.69) is 29.2 Å². The van der Waals surface area contributed by atoms with Gasteiger partial charge in [0.1, 0.15) is 5.82 Å². The van der Waals surface area contributed by atoms with Gasteiger partial charge in [0.2, 0.25) is 0 Å². The van der Waals surface area contributed by atoms with Crippen LogP contribution in [0.2, 0.25) is 5.02 Å². The molecule has 0 radical (unpaired) electrons. The van der Waals surface area contributed by atoms with Gasteiger partial charge in [0.05, 0.1) is 16.4 Å². The number of hydrogen-bond acceptors (Lipinski definition) is 2. The molecule has 0 atom stereocenters. The third-order valence-electron chi connectivity index (χ3n) is 4.06. The molecule has 4 rings (SSSR count). The number of nitrogens with two attached hydrogens (primary N) is 1. The molecule has 0 aliphatic heterocycles. The first-order chi connectivity index (χ1) is 12.2. The predicted octanol–water partition coefficient (Wildman–Crippen LogP) is 5.65. The van der Waals surface area contributed by atoms with E-state index >= 15 is 0 Å². The maximum absolute atomic E-state index is 6.38. The zero-order valence-electron chi connectivity index (χ0n) is 13.4. The highest BCUT2D eigenvalue weighted by atomic mass is 35.5. The SMILES string of the molecule is Nc1ccc(-c2nc(-c3ccccc3)c(-c3ccccc3)[nH]2)c(Cl)c1. The summed E-state index contributed by atoms with van der Waals surface area (Å²) in [6.45, 7) is 0. The summed E-state index contributed by atoms with van der Waals surface area (Å²) in [6.07, 6.45) is 0. The van der Waals surface area contributed by atoms with Gasteiger partial charge in [-0.1, -0.05) is 72.3 Å². The van der Waals surface area contributed by atoms with Crippen molar-refractivity contribution in [3.63, 3.8) is 0 Å². The number of imidazole rings is 1. The van der Waals surface area contributed by atoms with Crippen LogP contribution in [-0.2, 0) is 0 Å². The standard InChI is InChI=1S/C21H16ClN3/c22-18-13-16(23)11-12-17(18)21-24-19(14-7-3-1-4-8-14)20(25-21)15-9-5-2-6-10-15/h1-13H,23H2,(H,24,25). The van der Waals surface area contributed by atoms with E-state index in [0.717, 1.165) is 33.9 Å². The van der Waals surface area contributed by atoms with Gasteiger partial charge in [0.25, 0.3) is 0 Å². The third-order valence-corrected chi connectivity index (χ3v) is 4.37. The fraction of sp³-hybridized carbons (Fsp3) is 0. The summed E-state index contributed by atoms with van der Waals surface area (Å²) in [5.74, 6) is 0.725. The number of nitrogen functional groups attached to an aromatic ring is 1. The summed E-state index contributed by atoms with van der Waals surface area (Å²) < 4.78 is 0. The van der Waals surface area contributed by atoms with Gasteiger partial charge in [-0.15, -0.1) is 0 Å². The molecule has 122 valence electrons. The van der Waals surface area contributed by atoms with E-state index in [1.807, 2.05) is 48.5 Å². The highest BCUT2D eigenvalue weighted by Gasteiger charge is 2.16. The lowest BCUT2D eigenvalue weighted by atomic mass is 10.1. The van der Waals surface area contributed by atoms with Crippen molar-refractivity contribution in [2.45, 2.75) is 0 Å². The van der Waals surface area contributed by atoms with Gasteiger partial charge in [0.15, 0.2) is 0 Å². The molecule has 25 heavy (non-hydrogen) atoms.